The molecule has 0 aromatic heterocycles. The van der Waals surface area contributed by atoms with E-state index < -0.39 is 11.9 Å². The molecular weight excluding hydrogens is 272 g/mol. The number of hydrogen-bond acceptors (Lipinski definition) is 4. The maximum Gasteiger partial charge on any atom is 0.306 e. The molecule has 1 fully saturated rings. The van der Waals surface area contributed by atoms with E-state index >= 15 is 0 Å². The van der Waals surface area contributed by atoms with Crippen LogP contribution in [0.3, 0.4) is 0 Å². The minimum atomic E-state index is -0.795. The molecule has 1 unspecified atom stereocenters. The van der Waals surface area contributed by atoms with Crippen molar-refractivity contribution >= 4 is 5.97 Å². The van der Waals surface area contributed by atoms with Gasteiger partial charge in [-0.15, -0.1) is 0 Å². The van der Waals surface area contributed by atoms with Gasteiger partial charge in [0.1, 0.15) is 6.10 Å². The monoisotopic (exact) mass is 294 g/mol. The third kappa shape index (κ3) is 4.36. The average molecular weight is 294 g/mol. The van der Waals surface area contributed by atoms with Crippen LogP contribution in [0, 0.1) is 5.92 Å². The van der Waals surface area contributed by atoms with Crippen molar-refractivity contribution < 1.29 is 24.1 Å². The maximum absolute atomic E-state index is 10.9. The molecule has 5 nitrogen and oxygen atoms in total. The lowest BCUT2D eigenvalue weighted by molar-refractivity contribution is -0.141. The molecule has 0 spiro atoms. The van der Waals surface area contributed by atoms with E-state index in [0.717, 1.165) is 31.6 Å². The SMILES string of the molecule is COc1cc(CC(C)C(=O)O)ccc1OC1CCOCC1. The van der Waals surface area contributed by atoms with Crippen LogP contribution < -0.4 is 9.47 Å². The van der Waals surface area contributed by atoms with Crippen molar-refractivity contribution in [2.24, 2.45) is 5.92 Å². The predicted molar refractivity (Wildman–Crippen MR) is 78.0 cm³/mol. The van der Waals surface area contributed by atoms with Gasteiger partial charge in [-0.2, -0.15) is 0 Å². The minimum Gasteiger partial charge on any atom is -0.493 e. The van der Waals surface area contributed by atoms with Crippen LogP contribution in [0.1, 0.15) is 25.3 Å². The van der Waals surface area contributed by atoms with Crippen LogP contribution in [0.2, 0.25) is 0 Å². The largest absolute Gasteiger partial charge is 0.493 e. The highest BCUT2D eigenvalue weighted by molar-refractivity contribution is 5.70. The van der Waals surface area contributed by atoms with Crippen LogP contribution >= 0.6 is 0 Å². The van der Waals surface area contributed by atoms with Crippen molar-refractivity contribution in [3.8, 4) is 11.5 Å². The molecule has 0 amide bonds. The Labute approximate surface area is 124 Å². The summed E-state index contributed by atoms with van der Waals surface area (Å²) in [5, 5.41) is 8.97. The van der Waals surface area contributed by atoms with Gasteiger partial charge in [0.05, 0.1) is 26.2 Å². The predicted octanol–water partition coefficient (Wildman–Crippen LogP) is 2.52. The molecule has 1 aromatic rings. The van der Waals surface area contributed by atoms with Crippen LogP contribution in [0.5, 0.6) is 11.5 Å². The normalized spacial score (nSPS) is 17.2. The Bertz CT molecular complexity index is 480. The second-order valence-corrected chi connectivity index (χ2v) is 5.36. The molecule has 1 aliphatic heterocycles. The Kier molecular flexibility index (Phi) is 5.44. The van der Waals surface area contributed by atoms with Gasteiger partial charge in [-0.25, -0.2) is 0 Å². The van der Waals surface area contributed by atoms with Gasteiger partial charge in [-0.05, 0) is 24.1 Å². The Morgan fingerprint density at radius 1 is 1.38 bits per heavy atom. The molecule has 1 saturated heterocycles. The lowest BCUT2D eigenvalue weighted by Crippen LogP contribution is -2.26. The first-order chi connectivity index (χ1) is 10.1. The third-order valence-corrected chi connectivity index (χ3v) is 3.65. The van der Waals surface area contributed by atoms with Gasteiger partial charge in [0.2, 0.25) is 0 Å². The fourth-order valence-corrected chi connectivity index (χ4v) is 2.35. The molecule has 1 heterocycles. The quantitative estimate of drug-likeness (QED) is 0.873. The minimum absolute atomic E-state index is 0.149. The number of ether oxygens (including phenoxy) is 3. The summed E-state index contributed by atoms with van der Waals surface area (Å²) >= 11 is 0. The van der Waals surface area contributed by atoms with E-state index in [1.54, 1.807) is 14.0 Å². The Balaban J connectivity index is 2.06. The molecule has 116 valence electrons. The first-order valence-corrected chi connectivity index (χ1v) is 7.24. The molecule has 0 saturated carbocycles. The van der Waals surface area contributed by atoms with Gasteiger partial charge < -0.3 is 19.3 Å². The van der Waals surface area contributed by atoms with Crippen LogP contribution in [0.25, 0.3) is 0 Å². The third-order valence-electron chi connectivity index (χ3n) is 3.65. The zero-order chi connectivity index (χ0) is 15.2. The summed E-state index contributed by atoms with van der Waals surface area (Å²) in [5.74, 6) is 0.140. The van der Waals surface area contributed by atoms with Crippen molar-refractivity contribution in [1.29, 1.82) is 0 Å². The zero-order valence-corrected chi connectivity index (χ0v) is 12.5. The van der Waals surface area contributed by atoms with Crippen molar-refractivity contribution in [3.05, 3.63) is 23.8 Å². The topological polar surface area (TPSA) is 65.0 Å². The van der Waals surface area contributed by atoms with Crippen LogP contribution in [-0.4, -0.2) is 37.5 Å². The fourth-order valence-electron chi connectivity index (χ4n) is 2.35. The Morgan fingerprint density at radius 3 is 2.71 bits per heavy atom. The second kappa shape index (κ2) is 7.31. The molecule has 1 N–H and O–H groups in total. The standard InChI is InChI=1S/C16H22O5/c1-11(16(17)18)9-12-3-4-14(15(10-12)19-2)21-13-5-7-20-8-6-13/h3-4,10-11,13H,5-9H2,1-2H3,(H,17,18). The van der Waals surface area contributed by atoms with Gasteiger partial charge in [0, 0.05) is 12.8 Å². The zero-order valence-electron chi connectivity index (χ0n) is 12.5. The van der Waals surface area contributed by atoms with Gasteiger partial charge in [0.25, 0.3) is 0 Å². The van der Waals surface area contributed by atoms with Gasteiger partial charge in [-0.1, -0.05) is 13.0 Å². The number of benzene rings is 1. The van der Waals surface area contributed by atoms with E-state index in [1.165, 1.54) is 0 Å². The molecule has 0 aliphatic carbocycles. The summed E-state index contributed by atoms with van der Waals surface area (Å²) in [6.07, 6.45) is 2.38. The number of carbonyl (C=O) groups is 1. The summed E-state index contributed by atoms with van der Waals surface area (Å²) in [6.45, 7) is 3.14. The lowest BCUT2D eigenvalue weighted by atomic mass is 10.0. The number of hydrogen-bond donors (Lipinski definition) is 1. The molecular formula is C16H22O5. The van der Waals surface area contributed by atoms with E-state index in [4.69, 9.17) is 19.3 Å². The first-order valence-electron chi connectivity index (χ1n) is 7.24. The molecule has 5 heteroatoms. The summed E-state index contributed by atoms with van der Waals surface area (Å²) in [7, 11) is 1.59. The second-order valence-electron chi connectivity index (χ2n) is 5.36. The highest BCUT2D eigenvalue weighted by atomic mass is 16.5. The van der Waals surface area contributed by atoms with Crippen molar-refractivity contribution in [1.82, 2.24) is 0 Å². The summed E-state index contributed by atoms with van der Waals surface area (Å²) < 4.78 is 16.6. The van der Waals surface area contributed by atoms with Crippen molar-refractivity contribution in [3.63, 3.8) is 0 Å². The molecule has 1 aromatic carbocycles. The number of methoxy groups -OCH3 is 1. The molecule has 0 bridgehead atoms. The first kappa shape index (κ1) is 15.6. The lowest BCUT2D eigenvalue weighted by Gasteiger charge is -2.24. The van der Waals surface area contributed by atoms with E-state index in [1.807, 2.05) is 18.2 Å². The molecule has 0 radical (unpaired) electrons. The molecule has 2 rings (SSSR count). The van der Waals surface area contributed by atoms with Gasteiger partial charge >= 0.3 is 5.97 Å². The Hall–Kier alpha value is -1.75. The number of carboxylic acids is 1. The van der Waals surface area contributed by atoms with Crippen LogP contribution in [0.4, 0.5) is 0 Å². The molecule has 21 heavy (non-hydrogen) atoms. The van der Waals surface area contributed by atoms with Gasteiger partial charge in [0.15, 0.2) is 11.5 Å². The van der Waals surface area contributed by atoms with Crippen LogP contribution in [-0.2, 0) is 16.0 Å². The number of rotatable bonds is 6. The maximum atomic E-state index is 10.9. The average Bonchev–Trinajstić information content (AvgIpc) is 2.49. The summed E-state index contributed by atoms with van der Waals surface area (Å²) in [6, 6.07) is 5.61. The van der Waals surface area contributed by atoms with E-state index in [2.05, 4.69) is 0 Å². The van der Waals surface area contributed by atoms with Crippen LogP contribution in [0.15, 0.2) is 18.2 Å². The summed E-state index contributed by atoms with van der Waals surface area (Å²) in [5.41, 5.74) is 0.932. The number of aliphatic carboxylic acids is 1. The van der Waals surface area contributed by atoms with Crippen molar-refractivity contribution in [2.75, 3.05) is 20.3 Å². The highest BCUT2D eigenvalue weighted by Gasteiger charge is 2.18. The highest BCUT2D eigenvalue weighted by Crippen LogP contribution is 2.31. The Morgan fingerprint density at radius 2 is 2.10 bits per heavy atom. The van der Waals surface area contributed by atoms with Gasteiger partial charge in [-0.3, -0.25) is 4.79 Å². The fraction of sp³-hybridized carbons (Fsp3) is 0.562. The molecule has 1 atom stereocenters. The van der Waals surface area contributed by atoms with E-state index in [9.17, 15) is 4.79 Å². The van der Waals surface area contributed by atoms with E-state index in [-0.39, 0.29) is 6.10 Å². The van der Waals surface area contributed by atoms with E-state index in [0.29, 0.717) is 17.9 Å². The van der Waals surface area contributed by atoms with Crippen molar-refractivity contribution in [2.45, 2.75) is 32.3 Å². The smallest absolute Gasteiger partial charge is 0.306 e. The number of carboxylic acid groups (broad SMARTS) is 1. The molecule has 1 aliphatic rings. The summed E-state index contributed by atoms with van der Waals surface area (Å²) in [4.78, 5) is 10.9.